The van der Waals surface area contributed by atoms with Gasteiger partial charge in [-0.05, 0) is 35.9 Å². The van der Waals surface area contributed by atoms with Gasteiger partial charge in [0.15, 0.2) is 0 Å². The predicted molar refractivity (Wildman–Crippen MR) is 81.5 cm³/mol. The number of phenolic OH excluding ortho intramolecular Hbond substituents is 1. The quantitative estimate of drug-likeness (QED) is 0.791. The number of aromatic hydroxyl groups is 1. The van der Waals surface area contributed by atoms with Gasteiger partial charge in [0.1, 0.15) is 5.75 Å². The van der Waals surface area contributed by atoms with Crippen molar-refractivity contribution < 1.29 is 19.8 Å². The van der Waals surface area contributed by atoms with Gasteiger partial charge < -0.3 is 15.5 Å². The van der Waals surface area contributed by atoms with Gasteiger partial charge in [0.2, 0.25) is 0 Å². The number of carboxylic acids is 1. The Bertz CT molecular complexity index is 700. The Balaban J connectivity index is 2.19. The zero-order valence-electron chi connectivity index (χ0n) is 10.8. The first kappa shape index (κ1) is 15.1. The average Bonchev–Trinajstić information content (AvgIpc) is 2.41. The number of carbonyl (C=O) groups excluding carboxylic acids is 1. The molecule has 0 bridgehead atoms. The summed E-state index contributed by atoms with van der Waals surface area (Å²) in [6.07, 6.45) is -0.119. The topological polar surface area (TPSA) is 86.6 Å². The first-order valence-electron chi connectivity index (χ1n) is 6.06. The normalized spacial score (nSPS) is 10.1. The number of rotatable bonds is 4. The van der Waals surface area contributed by atoms with Crippen molar-refractivity contribution in [1.82, 2.24) is 0 Å². The highest BCUT2D eigenvalue weighted by atomic mass is 79.9. The van der Waals surface area contributed by atoms with Crippen molar-refractivity contribution in [2.24, 2.45) is 0 Å². The summed E-state index contributed by atoms with van der Waals surface area (Å²) in [6, 6.07) is 11.1. The Morgan fingerprint density at radius 1 is 1.14 bits per heavy atom. The summed E-state index contributed by atoms with van der Waals surface area (Å²) >= 11 is 3.23. The molecule has 5 nitrogen and oxygen atoms in total. The zero-order valence-corrected chi connectivity index (χ0v) is 12.4. The molecule has 108 valence electrons. The minimum Gasteiger partial charge on any atom is -0.507 e. The fourth-order valence-electron chi connectivity index (χ4n) is 1.82. The second kappa shape index (κ2) is 6.41. The SMILES string of the molecule is O=C(O)Cc1cccc(NC(=O)c2cc(Br)ccc2O)c1. The summed E-state index contributed by atoms with van der Waals surface area (Å²) in [5.74, 6) is -1.54. The Morgan fingerprint density at radius 3 is 2.62 bits per heavy atom. The van der Waals surface area contributed by atoms with Crippen LogP contribution in [0.5, 0.6) is 5.75 Å². The maximum absolute atomic E-state index is 12.1. The number of hydrogen-bond acceptors (Lipinski definition) is 3. The molecule has 0 heterocycles. The minimum atomic E-state index is -0.942. The fourth-order valence-corrected chi connectivity index (χ4v) is 2.18. The van der Waals surface area contributed by atoms with Crippen LogP contribution >= 0.6 is 15.9 Å². The molecule has 2 rings (SSSR count). The number of nitrogens with one attached hydrogen (secondary N) is 1. The molecule has 0 unspecified atom stereocenters. The molecule has 0 saturated carbocycles. The lowest BCUT2D eigenvalue weighted by molar-refractivity contribution is -0.136. The molecule has 1 amide bonds. The summed E-state index contributed by atoms with van der Waals surface area (Å²) in [7, 11) is 0. The first-order valence-corrected chi connectivity index (χ1v) is 6.85. The van der Waals surface area contributed by atoms with Gasteiger partial charge in [-0.25, -0.2) is 0 Å². The Kier molecular flexibility index (Phi) is 4.59. The maximum Gasteiger partial charge on any atom is 0.307 e. The number of aliphatic carboxylic acids is 1. The van der Waals surface area contributed by atoms with Gasteiger partial charge in [0.25, 0.3) is 5.91 Å². The number of phenols is 1. The number of benzene rings is 2. The van der Waals surface area contributed by atoms with Crippen LogP contribution in [0.2, 0.25) is 0 Å². The lowest BCUT2D eigenvalue weighted by Gasteiger charge is -2.08. The van der Waals surface area contributed by atoms with Crippen molar-refractivity contribution in [2.45, 2.75) is 6.42 Å². The second-order valence-electron chi connectivity index (χ2n) is 4.39. The molecule has 0 aromatic heterocycles. The molecular weight excluding hydrogens is 338 g/mol. The molecule has 2 aromatic carbocycles. The maximum atomic E-state index is 12.1. The third-order valence-electron chi connectivity index (χ3n) is 2.74. The van der Waals surface area contributed by atoms with Crippen LogP contribution in [0, 0.1) is 0 Å². The van der Waals surface area contributed by atoms with E-state index in [-0.39, 0.29) is 17.7 Å². The monoisotopic (exact) mass is 349 g/mol. The number of carboxylic acid groups (broad SMARTS) is 1. The summed E-state index contributed by atoms with van der Waals surface area (Å²) in [5, 5.41) is 21.1. The molecular formula is C15H12BrNO4. The van der Waals surface area contributed by atoms with E-state index in [2.05, 4.69) is 21.2 Å². The van der Waals surface area contributed by atoms with Crippen molar-refractivity contribution in [3.05, 3.63) is 58.1 Å². The number of amides is 1. The van der Waals surface area contributed by atoms with E-state index in [1.54, 1.807) is 30.3 Å². The van der Waals surface area contributed by atoms with Crippen molar-refractivity contribution in [1.29, 1.82) is 0 Å². The van der Waals surface area contributed by atoms with Gasteiger partial charge in [0, 0.05) is 10.2 Å². The van der Waals surface area contributed by atoms with Gasteiger partial charge in [-0.3, -0.25) is 9.59 Å². The molecule has 6 heteroatoms. The molecule has 0 radical (unpaired) electrons. The van der Waals surface area contributed by atoms with Crippen LogP contribution < -0.4 is 5.32 Å². The lowest BCUT2D eigenvalue weighted by atomic mass is 10.1. The van der Waals surface area contributed by atoms with Gasteiger partial charge >= 0.3 is 5.97 Å². The Labute approximate surface area is 129 Å². The molecule has 3 N–H and O–H groups in total. The van der Waals surface area contributed by atoms with Crippen LogP contribution in [-0.4, -0.2) is 22.1 Å². The van der Waals surface area contributed by atoms with E-state index in [0.29, 0.717) is 15.7 Å². The number of carbonyl (C=O) groups is 2. The van der Waals surface area contributed by atoms with Crippen molar-refractivity contribution >= 4 is 33.5 Å². The molecule has 0 aliphatic heterocycles. The summed E-state index contributed by atoms with van der Waals surface area (Å²) < 4.78 is 0.671. The van der Waals surface area contributed by atoms with E-state index in [1.807, 2.05) is 0 Å². The van der Waals surface area contributed by atoms with Crippen LogP contribution in [-0.2, 0) is 11.2 Å². The van der Waals surface area contributed by atoms with Crippen LogP contribution in [0.1, 0.15) is 15.9 Å². The fraction of sp³-hybridized carbons (Fsp3) is 0.0667. The smallest absolute Gasteiger partial charge is 0.307 e. The standard InChI is InChI=1S/C15H12BrNO4/c16-10-4-5-13(18)12(8-10)15(21)17-11-3-1-2-9(6-11)7-14(19)20/h1-6,8,18H,7H2,(H,17,21)(H,19,20). The van der Waals surface area contributed by atoms with Gasteiger partial charge in [0.05, 0.1) is 12.0 Å². The highest BCUT2D eigenvalue weighted by Crippen LogP contribution is 2.23. The highest BCUT2D eigenvalue weighted by Gasteiger charge is 2.12. The van der Waals surface area contributed by atoms with E-state index in [4.69, 9.17) is 5.11 Å². The lowest BCUT2D eigenvalue weighted by Crippen LogP contribution is -2.12. The second-order valence-corrected chi connectivity index (χ2v) is 5.30. The average molecular weight is 350 g/mol. The number of hydrogen-bond donors (Lipinski definition) is 3. The van der Waals surface area contributed by atoms with E-state index < -0.39 is 11.9 Å². The summed E-state index contributed by atoms with van der Waals surface area (Å²) in [6.45, 7) is 0. The third-order valence-corrected chi connectivity index (χ3v) is 3.24. The van der Waals surface area contributed by atoms with Gasteiger partial charge in [-0.2, -0.15) is 0 Å². The van der Waals surface area contributed by atoms with Crippen molar-refractivity contribution in [3.8, 4) is 5.75 Å². The van der Waals surface area contributed by atoms with E-state index in [9.17, 15) is 14.7 Å². The Hall–Kier alpha value is -2.34. The summed E-state index contributed by atoms with van der Waals surface area (Å²) in [5.41, 5.74) is 1.19. The van der Waals surface area contributed by atoms with Gasteiger partial charge in [-0.1, -0.05) is 28.1 Å². The first-order chi connectivity index (χ1) is 9.95. The van der Waals surface area contributed by atoms with Crippen LogP contribution in [0.3, 0.4) is 0 Å². The Morgan fingerprint density at radius 2 is 1.90 bits per heavy atom. The van der Waals surface area contributed by atoms with Crippen molar-refractivity contribution in [2.75, 3.05) is 5.32 Å². The van der Waals surface area contributed by atoms with E-state index >= 15 is 0 Å². The van der Waals surface area contributed by atoms with E-state index in [1.165, 1.54) is 12.1 Å². The van der Waals surface area contributed by atoms with Crippen molar-refractivity contribution in [3.63, 3.8) is 0 Å². The molecule has 0 atom stereocenters. The molecule has 0 aliphatic carbocycles. The van der Waals surface area contributed by atoms with Crippen LogP contribution in [0.25, 0.3) is 0 Å². The number of anilines is 1. The predicted octanol–water partition coefficient (Wildman–Crippen LogP) is 3.03. The van der Waals surface area contributed by atoms with Crippen LogP contribution in [0.4, 0.5) is 5.69 Å². The third kappa shape index (κ3) is 4.06. The zero-order chi connectivity index (χ0) is 15.4. The molecule has 2 aromatic rings. The van der Waals surface area contributed by atoms with Crippen LogP contribution in [0.15, 0.2) is 46.9 Å². The van der Waals surface area contributed by atoms with Gasteiger partial charge in [-0.15, -0.1) is 0 Å². The molecule has 21 heavy (non-hydrogen) atoms. The minimum absolute atomic E-state index is 0.119. The van der Waals surface area contributed by atoms with E-state index in [0.717, 1.165) is 0 Å². The summed E-state index contributed by atoms with van der Waals surface area (Å²) in [4.78, 5) is 22.8. The molecule has 0 aliphatic rings. The highest BCUT2D eigenvalue weighted by molar-refractivity contribution is 9.10. The molecule has 0 saturated heterocycles. The molecule has 0 spiro atoms. The molecule has 0 fully saturated rings. The largest absolute Gasteiger partial charge is 0.507 e. The number of halogens is 1.